The highest BCUT2D eigenvalue weighted by Gasteiger charge is 2.22. The van der Waals surface area contributed by atoms with Crippen LogP contribution in [0.4, 0.5) is 5.69 Å². The highest BCUT2D eigenvalue weighted by atomic mass is 16.2. The van der Waals surface area contributed by atoms with Gasteiger partial charge in [0.2, 0.25) is 11.8 Å². The second-order valence-corrected chi connectivity index (χ2v) is 5.29. The van der Waals surface area contributed by atoms with E-state index < -0.39 is 6.04 Å². The molecule has 1 saturated heterocycles. The fourth-order valence-corrected chi connectivity index (χ4v) is 2.41. The number of likely N-dealkylation sites (N-methyl/N-ethyl adjacent to an activating group) is 1. The predicted octanol–water partition coefficient (Wildman–Crippen LogP) is 1.07. The summed E-state index contributed by atoms with van der Waals surface area (Å²) in [5, 5.41) is 5.31. The molecule has 0 aromatic heterocycles. The highest BCUT2D eigenvalue weighted by Crippen LogP contribution is 2.22. The summed E-state index contributed by atoms with van der Waals surface area (Å²) in [4.78, 5) is 37.3. The van der Waals surface area contributed by atoms with Gasteiger partial charge in [-0.15, -0.1) is 0 Å². The molecule has 2 N–H and O–H groups in total. The summed E-state index contributed by atoms with van der Waals surface area (Å²) < 4.78 is 0. The number of nitrogens with zero attached hydrogens (tertiary/aromatic N) is 1. The Labute approximate surface area is 129 Å². The lowest BCUT2D eigenvalue weighted by Gasteiger charge is -2.17. The zero-order chi connectivity index (χ0) is 16.1. The first-order valence-electron chi connectivity index (χ1n) is 7.52. The number of benzene rings is 1. The van der Waals surface area contributed by atoms with Crippen LogP contribution in [0.1, 0.15) is 37.0 Å². The van der Waals surface area contributed by atoms with Gasteiger partial charge in [-0.3, -0.25) is 14.4 Å². The lowest BCUT2D eigenvalue weighted by Crippen LogP contribution is -2.44. The van der Waals surface area contributed by atoms with E-state index in [4.69, 9.17) is 0 Å². The van der Waals surface area contributed by atoms with Crippen molar-refractivity contribution < 1.29 is 14.4 Å². The van der Waals surface area contributed by atoms with E-state index in [1.807, 2.05) is 13.0 Å². The molecule has 1 aromatic rings. The minimum Gasteiger partial charge on any atom is -0.355 e. The fourth-order valence-electron chi connectivity index (χ4n) is 2.41. The Balaban J connectivity index is 2.07. The normalized spacial score (nSPS) is 15.5. The van der Waals surface area contributed by atoms with Crippen molar-refractivity contribution in [3.63, 3.8) is 0 Å². The highest BCUT2D eigenvalue weighted by molar-refractivity contribution is 6.00. The van der Waals surface area contributed by atoms with E-state index in [1.165, 1.54) is 0 Å². The van der Waals surface area contributed by atoms with Crippen LogP contribution in [-0.2, 0) is 9.59 Å². The van der Waals surface area contributed by atoms with Crippen LogP contribution in [0.15, 0.2) is 24.3 Å². The van der Waals surface area contributed by atoms with E-state index in [1.54, 1.807) is 30.0 Å². The van der Waals surface area contributed by atoms with Crippen LogP contribution in [-0.4, -0.2) is 36.9 Å². The molecule has 0 saturated carbocycles. The Morgan fingerprint density at radius 3 is 2.77 bits per heavy atom. The van der Waals surface area contributed by atoms with Crippen LogP contribution >= 0.6 is 0 Å². The van der Waals surface area contributed by atoms with Gasteiger partial charge < -0.3 is 15.5 Å². The minimum absolute atomic E-state index is 0.0771. The molecular formula is C16H21N3O3. The van der Waals surface area contributed by atoms with Crippen LogP contribution in [0, 0.1) is 0 Å². The summed E-state index contributed by atoms with van der Waals surface area (Å²) in [6.45, 7) is 4.66. The van der Waals surface area contributed by atoms with E-state index in [0.29, 0.717) is 25.1 Å². The smallest absolute Gasteiger partial charge is 0.251 e. The Bertz CT molecular complexity index is 586. The van der Waals surface area contributed by atoms with E-state index in [0.717, 1.165) is 12.1 Å². The predicted molar refractivity (Wildman–Crippen MR) is 83.6 cm³/mol. The van der Waals surface area contributed by atoms with Crippen LogP contribution in [0.2, 0.25) is 0 Å². The third-order valence-corrected chi connectivity index (χ3v) is 3.59. The van der Waals surface area contributed by atoms with Gasteiger partial charge in [-0.1, -0.05) is 6.07 Å². The van der Waals surface area contributed by atoms with Gasteiger partial charge in [-0.25, -0.2) is 0 Å². The van der Waals surface area contributed by atoms with Gasteiger partial charge in [0.15, 0.2) is 0 Å². The van der Waals surface area contributed by atoms with Gasteiger partial charge in [0.1, 0.15) is 6.04 Å². The molecule has 1 aliphatic rings. The number of rotatable bonds is 5. The van der Waals surface area contributed by atoms with Gasteiger partial charge in [-0.2, -0.15) is 0 Å². The quantitative estimate of drug-likeness (QED) is 0.854. The van der Waals surface area contributed by atoms with Gasteiger partial charge in [-0.05, 0) is 38.5 Å². The first kappa shape index (κ1) is 16.0. The first-order chi connectivity index (χ1) is 10.5. The SMILES string of the molecule is CCNC(=O)[C@H](C)NC(=O)c1cccc(N2CCCC2=O)c1. The number of anilines is 1. The molecule has 3 amide bonds. The molecule has 1 fully saturated rings. The molecule has 0 aliphatic carbocycles. The summed E-state index contributed by atoms with van der Waals surface area (Å²) in [7, 11) is 0. The average Bonchev–Trinajstić information content (AvgIpc) is 2.93. The molecule has 0 unspecified atom stereocenters. The third-order valence-electron chi connectivity index (χ3n) is 3.59. The van der Waals surface area contributed by atoms with Gasteiger partial charge in [0.05, 0.1) is 0 Å². The van der Waals surface area contributed by atoms with E-state index >= 15 is 0 Å². The summed E-state index contributed by atoms with van der Waals surface area (Å²) in [5.74, 6) is -0.470. The van der Waals surface area contributed by atoms with Crippen molar-refractivity contribution in [2.45, 2.75) is 32.7 Å². The van der Waals surface area contributed by atoms with E-state index in [2.05, 4.69) is 10.6 Å². The third kappa shape index (κ3) is 3.63. The van der Waals surface area contributed by atoms with E-state index in [9.17, 15) is 14.4 Å². The average molecular weight is 303 g/mol. The zero-order valence-corrected chi connectivity index (χ0v) is 12.9. The Morgan fingerprint density at radius 1 is 1.36 bits per heavy atom. The van der Waals surface area contributed by atoms with Crippen LogP contribution in [0.5, 0.6) is 0 Å². The molecule has 1 heterocycles. The molecule has 1 atom stereocenters. The number of nitrogens with one attached hydrogen (secondary N) is 2. The number of hydrogen-bond donors (Lipinski definition) is 2. The van der Waals surface area contributed by atoms with E-state index in [-0.39, 0.29) is 17.7 Å². The molecule has 22 heavy (non-hydrogen) atoms. The van der Waals surface area contributed by atoms with Crippen LogP contribution in [0.25, 0.3) is 0 Å². The van der Waals surface area contributed by atoms with Crippen molar-refractivity contribution in [1.82, 2.24) is 10.6 Å². The topological polar surface area (TPSA) is 78.5 Å². The zero-order valence-electron chi connectivity index (χ0n) is 12.9. The van der Waals surface area contributed by atoms with Crippen LogP contribution < -0.4 is 15.5 Å². The van der Waals surface area contributed by atoms with Gasteiger partial charge >= 0.3 is 0 Å². The lowest BCUT2D eigenvalue weighted by atomic mass is 10.1. The second kappa shape index (κ2) is 7.06. The first-order valence-corrected chi connectivity index (χ1v) is 7.52. The standard InChI is InChI=1S/C16H21N3O3/c1-3-17-15(21)11(2)18-16(22)12-6-4-7-13(10-12)19-9-5-8-14(19)20/h4,6-7,10-11H,3,5,8-9H2,1-2H3,(H,17,21)(H,18,22)/t11-/m0/s1. The van der Waals surface area contributed by atoms with Crippen molar-refractivity contribution in [2.24, 2.45) is 0 Å². The summed E-state index contributed by atoms with van der Waals surface area (Å²) in [6, 6.07) is 6.30. The summed E-state index contributed by atoms with van der Waals surface area (Å²) in [5.41, 5.74) is 1.16. The molecular weight excluding hydrogens is 282 g/mol. The maximum absolute atomic E-state index is 12.2. The molecule has 6 heteroatoms. The molecule has 0 spiro atoms. The number of hydrogen-bond acceptors (Lipinski definition) is 3. The van der Waals surface area contributed by atoms with Crippen LogP contribution in [0.3, 0.4) is 0 Å². The van der Waals surface area contributed by atoms with Gasteiger partial charge in [0.25, 0.3) is 5.91 Å². The summed E-state index contributed by atoms with van der Waals surface area (Å²) >= 11 is 0. The van der Waals surface area contributed by atoms with Crippen molar-refractivity contribution in [2.75, 3.05) is 18.0 Å². The summed E-state index contributed by atoms with van der Waals surface area (Å²) in [6.07, 6.45) is 1.38. The molecule has 2 rings (SSSR count). The Hall–Kier alpha value is -2.37. The molecule has 0 radical (unpaired) electrons. The monoisotopic (exact) mass is 303 g/mol. The van der Waals surface area contributed by atoms with Crippen molar-refractivity contribution in [3.05, 3.63) is 29.8 Å². The number of amides is 3. The molecule has 118 valence electrons. The molecule has 0 bridgehead atoms. The Morgan fingerprint density at radius 2 is 2.14 bits per heavy atom. The lowest BCUT2D eigenvalue weighted by molar-refractivity contribution is -0.122. The second-order valence-electron chi connectivity index (χ2n) is 5.29. The number of carbonyl (C=O) groups is 3. The maximum atomic E-state index is 12.2. The Kier molecular flexibility index (Phi) is 5.14. The van der Waals surface area contributed by atoms with Gasteiger partial charge in [0, 0.05) is 30.8 Å². The van der Waals surface area contributed by atoms with Crippen molar-refractivity contribution in [3.8, 4) is 0 Å². The molecule has 1 aromatic carbocycles. The largest absolute Gasteiger partial charge is 0.355 e. The molecule has 1 aliphatic heterocycles. The number of carbonyl (C=O) groups excluding carboxylic acids is 3. The fraction of sp³-hybridized carbons (Fsp3) is 0.438. The molecule has 6 nitrogen and oxygen atoms in total. The van der Waals surface area contributed by atoms with Crippen molar-refractivity contribution in [1.29, 1.82) is 0 Å². The minimum atomic E-state index is -0.607. The van der Waals surface area contributed by atoms with Crippen molar-refractivity contribution >= 4 is 23.4 Å². The maximum Gasteiger partial charge on any atom is 0.251 e.